The van der Waals surface area contributed by atoms with Gasteiger partial charge in [0.2, 0.25) is 0 Å². The van der Waals surface area contributed by atoms with Gasteiger partial charge in [-0.05, 0) is 48.6 Å². The lowest BCUT2D eigenvalue weighted by atomic mass is 10.00. The number of nitrogens with two attached hydrogens (primary N) is 1. The van der Waals surface area contributed by atoms with Gasteiger partial charge in [0.25, 0.3) is 0 Å². The zero-order valence-corrected chi connectivity index (χ0v) is 9.40. The van der Waals surface area contributed by atoms with Crippen molar-refractivity contribution in [3.63, 3.8) is 0 Å². The highest BCUT2D eigenvalue weighted by molar-refractivity contribution is 7.98. The number of thioether (sulfide) groups is 1. The van der Waals surface area contributed by atoms with Gasteiger partial charge in [-0.3, -0.25) is 0 Å². The van der Waals surface area contributed by atoms with Crippen LogP contribution in [0, 0.1) is 12.7 Å². The molecule has 0 fully saturated rings. The standard InChI is InChI=1S/C11H16FNS/c1-8-3-4-9(12)7-10(8)11(13)5-6-14-2/h3-4,7,11H,5-6,13H2,1-2H3. The van der Waals surface area contributed by atoms with Crippen LogP contribution in [0.5, 0.6) is 0 Å². The molecule has 0 aliphatic heterocycles. The largest absolute Gasteiger partial charge is 0.324 e. The van der Waals surface area contributed by atoms with Crippen molar-refractivity contribution in [3.05, 3.63) is 35.1 Å². The molecule has 1 aromatic rings. The smallest absolute Gasteiger partial charge is 0.123 e. The minimum Gasteiger partial charge on any atom is -0.324 e. The molecule has 0 heterocycles. The summed E-state index contributed by atoms with van der Waals surface area (Å²) in [5, 5.41) is 0. The van der Waals surface area contributed by atoms with Gasteiger partial charge < -0.3 is 5.73 Å². The van der Waals surface area contributed by atoms with Crippen LogP contribution in [-0.4, -0.2) is 12.0 Å². The first-order valence-corrected chi connectivity index (χ1v) is 6.05. The molecule has 1 unspecified atom stereocenters. The van der Waals surface area contributed by atoms with E-state index >= 15 is 0 Å². The molecule has 0 amide bonds. The van der Waals surface area contributed by atoms with Gasteiger partial charge in [-0.2, -0.15) is 11.8 Å². The third-order valence-corrected chi connectivity index (χ3v) is 2.92. The normalized spacial score (nSPS) is 12.9. The predicted molar refractivity (Wildman–Crippen MR) is 61.1 cm³/mol. The summed E-state index contributed by atoms with van der Waals surface area (Å²) >= 11 is 1.76. The van der Waals surface area contributed by atoms with E-state index in [1.54, 1.807) is 23.9 Å². The van der Waals surface area contributed by atoms with E-state index in [0.717, 1.165) is 23.3 Å². The molecule has 1 rings (SSSR count). The number of halogens is 1. The third kappa shape index (κ3) is 3.00. The molecule has 0 saturated carbocycles. The molecular formula is C11H16FNS. The van der Waals surface area contributed by atoms with Crippen molar-refractivity contribution >= 4 is 11.8 Å². The summed E-state index contributed by atoms with van der Waals surface area (Å²) in [4.78, 5) is 0. The van der Waals surface area contributed by atoms with Crippen molar-refractivity contribution in [2.45, 2.75) is 19.4 Å². The number of benzene rings is 1. The van der Waals surface area contributed by atoms with Crippen molar-refractivity contribution in [1.82, 2.24) is 0 Å². The van der Waals surface area contributed by atoms with E-state index in [0.29, 0.717) is 0 Å². The lowest BCUT2D eigenvalue weighted by Gasteiger charge is -2.14. The average molecular weight is 213 g/mol. The minimum absolute atomic E-state index is 0.0434. The Balaban J connectivity index is 2.77. The van der Waals surface area contributed by atoms with Crippen molar-refractivity contribution in [2.24, 2.45) is 5.73 Å². The highest BCUT2D eigenvalue weighted by atomic mass is 32.2. The molecule has 0 aliphatic carbocycles. The van der Waals surface area contributed by atoms with Gasteiger partial charge in [0, 0.05) is 6.04 Å². The van der Waals surface area contributed by atoms with Crippen LogP contribution < -0.4 is 5.73 Å². The molecule has 0 bridgehead atoms. The number of rotatable bonds is 4. The lowest BCUT2D eigenvalue weighted by Crippen LogP contribution is -2.12. The maximum absolute atomic E-state index is 13.0. The molecule has 1 aromatic carbocycles. The van der Waals surface area contributed by atoms with Gasteiger partial charge in [0.1, 0.15) is 5.82 Å². The van der Waals surface area contributed by atoms with Crippen LogP contribution in [0.2, 0.25) is 0 Å². The predicted octanol–water partition coefficient (Wildman–Crippen LogP) is 2.89. The second kappa shape index (κ2) is 5.37. The Morgan fingerprint density at radius 1 is 1.50 bits per heavy atom. The molecule has 3 heteroatoms. The first-order valence-electron chi connectivity index (χ1n) is 4.65. The second-order valence-electron chi connectivity index (χ2n) is 3.39. The monoisotopic (exact) mass is 213 g/mol. The molecule has 78 valence electrons. The van der Waals surface area contributed by atoms with Gasteiger partial charge >= 0.3 is 0 Å². The first-order chi connectivity index (χ1) is 6.65. The fraction of sp³-hybridized carbons (Fsp3) is 0.455. The Kier molecular flexibility index (Phi) is 4.42. The Hall–Kier alpha value is -0.540. The quantitative estimate of drug-likeness (QED) is 0.832. The summed E-state index contributed by atoms with van der Waals surface area (Å²) in [7, 11) is 0. The zero-order chi connectivity index (χ0) is 10.6. The maximum atomic E-state index is 13.0. The van der Waals surface area contributed by atoms with E-state index < -0.39 is 0 Å². The summed E-state index contributed by atoms with van der Waals surface area (Å²) in [6.07, 6.45) is 2.94. The zero-order valence-electron chi connectivity index (χ0n) is 8.59. The highest BCUT2D eigenvalue weighted by Gasteiger charge is 2.09. The van der Waals surface area contributed by atoms with Gasteiger partial charge in [0.05, 0.1) is 0 Å². The summed E-state index contributed by atoms with van der Waals surface area (Å²) in [6, 6.07) is 4.75. The number of aryl methyl sites for hydroxylation is 1. The van der Waals surface area contributed by atoms with Crippen LogP contribution in [0.1, 0.15) is 23.6 Å². The van der Waals surface area contributed by atoms with E-state index in [2.05, 4.69) is 0 Å². The lowest BCUT2D eigenvalue weighted by molar-refractivity contribution is 0.615. The Morgan fingerprint density at radius 2 is 2.21 bits per heavy atom. The van der Waals surface area contributed by atoms with Gasteiger partial charge in [-0.1, -0.05) is 6.07 Å². The summed E-state index contributed by atoms with van der Waals surface area (Å²) in [5.74, 6) is 0.808. The van der Waals surface area contributed by atoms with Crippen LogP contribution in [0.4, 0.5) is 4.39 Å². The van der Waals surface area contributed by atoms with Crippen LogP contribution in [0.15, 0.2) is 18.2 Å². The summed E-state index contributed by atoms with van der Waals surface area (Å²) < 4.78 is 13.0. The first kappa shape index (κ1) is 11.5. The molecule has 14 heavy (non-hydrogen) atoms. The fourth-order valence-electron chi connectivity index (χ4n) is 1.41. The molecule has 2 N–H and O–H groups in total. The molecule has 1 atom stereocenters. The van der Waals surface area contributed by atoms with Crippen LogP contribution >= 0.6 is 11.8 Å². The van der Waals surface area contributed by atoms with Crippen LogP contribution in [-0.2, 0) is 0 Å². The van der Waals surface area contributed by atoms with E-state index in [4.69, 9.17) is 5.73 Å². The second-order valence-corrected chi connectivity index (χ2v) is 4.37. The van der Waals surface area contributed by atoms with E-state index in [9.17, 15) is 4.39 Å². The van der Waals surface area contributed by atoms with Crippen LogP contribution in [0.3, 0.4) is 0 Å². The maximum Gasteiger partial charge on any atom is 0.123 e. The van der Waals surface area contributed by atoms with Gasteiger partial charge in [0.15, 0.2) is 0 Å². The highest BCUT2D eigenvalue weighted by Crippen LogP contribution is 2.20. The summed E-state index contributed by atoms with van der Waals surface area (Å²) in [6.45, 7) is 1.97. The van der Waals surface area contributed by atoms with Crippen LogP contribution in [0.25, 0.3) is 0 Å². The molecule has 1 nitrogen and oxygen atoms in total. The van der Waals surface area contributed by atoms with Crippen molar-refractivity contribution < 1.29 is 4.39 Å². The van der Waals surface area contributed by atoms with E-state index in [1.807, 2.05) is 13.2 Å². The average Bonchev–Trinajstić information content (AvgIpc) is 2.18. The van der Waals surface area contributed by atoms with Gasteiger partial charge in [-0.25, -0.2) is 4.39 Å². The SMILES string of the molecule is CSCCC(N)c1cc(F)ccc1C. The molecule has 0 spiro atoms. The van der Waals surface area contributed by atoms with E-state index in [-0.39, 0.29) is 11.9 Å². The van der Waals surface area contributed by atoms with Crippen molar-refractivity contribution in [3.8, 4) is 0 Å². The Bertz CT molecular complexity index is 301. The molecule has 0 radical (unpaired) electrons. The Morgan fingerprint density at radius 3 is 2.86 bits per heavy atom. The van der Waals surface area contributed by atoms with Crippen molar-refractivity contribution in [2.75, 3.05) is 12.0 Å². The summed E-state index contributed by atoms with van der Waals surface area (Å²) in [5.41, 5.74) is 7.97. The molecule has 0 aliphatic rings. The number of hydrogen-bond donors (Lipinski definition) is 1. The molecule has 0 saturated heterocycles. The van der Waals surface area contributed by atoms with E-state index in [1.165, 1.54) is 6.07 Å². The fourth-order valence-corrected chi connectivity index (χ4v) is 1.90. The Labute approximate surface area is 88.9 Å². The van der Waals surface area contributed by atoms with Crippen molar-refractivity contribution in [1.29, 1.82) is 0 Å². The minimum atomic E-state index is -0.204. The molecule has 0 aromatic heterocycles. The third-order valence-electron chi connectivity index (χ3n) is 2.27. The number of hydrogen-bond acceptors (Lipinski definition) is 2. The molecular weight excluding hydrogens is 197 g/mol. The topological polar surface area (TPSA) is 26.0 Å². The van der Waals surface area contributed by atoms with Gasteiger partial charge in [-0.15, -0.1) is 0 Å².